The minimum Gasteiger partial charge on any atom is -0.380 e. The third-order valence-corrected chi connectivity index (χ3v) is 2.19. The standard InChI is InChI=1S/C9H18N2/c1-4-11-7-5-6-9(8-11)10(2)3/h8H,4-7H2,1-3H3. The third-order valence-electron chi connectivity index (χ3n) is 2.19. The van der Waals surface area contributed by atoms with E-state index in [-0.39, 0.29) is 0 Å². The zero-order valence-corrected chi connectivity index (χ0v) is 7.80. The highest BCUT2D eigenvalue weighted by atomic mass is 15.2. The van der Waals surface area contributed by atoms with Crippen molar-refractivity contribution in [1.29, 1.82) is 0 Å². The van der Waals surface area contributed by atoms with Crippen LogP contribution in [0, 0.1) is 0 Å². The van der Waals surface area contributed by atoms with Crippen LogP contribution in [0.5, 0.6) is 0 Å². The molecule has 1 aliphatic rings. The van der Waals surface area contributed by atoms with E-state index < -0.39 is 0 Å². The van der Waals surface area contributed by atoms with Gasteiger partial charge >= 0.3 is 0 Å². The molecule has 2 heteroatoms. The normalized spacial score (nSPS) is 18.1. The smallest absolute Gasteiger partial charge is 0.0290 e. The van der Waals surface area contributed by atoms with Crippen LogP contribution in [0.1, 0.15) is 19.8 Å². The summed E-state index contributed by atoms with van der Waals surface area (Å²) >= 11 is 0. The highest BCUT2D eigenvalue weighted by Crippen LogP contribution is 2.15. The molecule has 0 fully saturated rings. The Kier molecular flexibility index (Phi) is 2.80. The Morgan fingerprint density at radius 1 is 1.55 bits per heavy atom. The molecular formula is C9H18N2. The zero-order chi connectivity index (χ0) is 8.27. The van der Waals surface area contributed by atoms with Gasteiger partial charge in [0.15, 0.2) is 0 Å². The second-order valence-electron chi connectivity index (χ2n) is 3.25. The molecule has 0 aromatic heterocycles. The average Bonchev–Trinajstić information content (AvgIpc) is 2.05. The Balaban J connectivity index is 2.57. The van der Waals surface area contributed by atoms with Crippen molar-refractivity contribution in [3.8, 4) is 0 Å². The first-order valence-electron chi connectivity index (χ1n) is 4.36. The lowest BCUT2D eigenvalue weighted by molar-refractivity contribution is 0.330. The topological polar surface area (TPSA) is 6.48 Å². The monoisotopic (exact) mass is 154 g/mol. The molecule has 1 aliphatic heterocycles. The maximum atomic E-state index is 2.37. The van der Waals surface area contributed by atoms with Gasteiger partial charge in [0.25, 0.3) is 0 Å². The van der Waals surface area contributed by atoms with E-state index in [1.165, 1.54) is 25.1 Å². The van der Waals surface area contributed by atoms with Gasteiger partial charge in [-0.1, -0.05) is 0 Å². The molecule has 0 spiro atoms. The van der Waals surface area contributed by atoms with Crippen molar-refractivity contribution in [2.75, 3.05) is 27.2 Å². The number of rotatable bonds is 2. The molecule has 0 aromatic carbocycles. The molecule has 0 aromatic rings. The fourth-order valence-electron chi connectivity index (χ4n) is 1.39. The van der Waals surface area contributed by atoms with Crippen LogP contribution in [0.2, 0.25) is 0 Å². The summed E-state index contributed by atoms with van der Waals surface area (Å²) < 4.78 is 0. The number of nitrogens with zero attached hydrogens (tertiary/aromatic N) is 2. The first kappa shape index (κ1) is 8.44. The summed E-state index contributed by atoms with van der Waals surface area (Å²) in [6.07, 6.45) is 4.82. The highest BCUT2D eigenvalue weighted by Gasteiger charge is 2.09. The Morgan fingerprint density at radius 2 is 2.27 bits per heavy atom. The van der Waals surface area contributed by atoms with Gasteiger partial charge in [-0.15, -0.1) is 0 Å². The van der Waals surface area contributed by atoms with E-state index in [0.717, 1.165) is 6.54 Å². The van der Waals surface area contributed by atoms with E-state index in [9.17, 15) is 0 Å². The molecule has 0 amide bonds. The van der Waals surface area contributed by atoms with E-state index in [1.54, 1.807) is 0 Å². The van der Waals surface area contributed by atoms with Crippen LogP contribution in [-0.2, 0) is 0 Å². The molecule has 0 N–H and O–H groups in total. The first-order valence-corrected chi connectivity index (χ1v) is 4.36. The molecule has 64 valence electrons. The largest absolute Gasteiger partial charge is 0.380 e. The molecule has 1 heterocycles. The minimum absolute atomic E-state index is 1.14. The molecular weight excluding hydrogens is 136 g/mol. The molecule has 0 aliphatic carbocycles. The lowest BCUT2D eigenvalue weighted by atomic mass is 10.1. The van der Waals surface area contributed by atoms with Crippen LogP contribution in [-0.4, -0.2) is 37.0 Å². The highest BCUT2D eigenvalue weighted by molar-refractivity contribution is 5.02. The van der Waals surface area contributed by atoms with E-state index in [2.05, 4.69) is 37.0 Å². The van der Waals surface area contributed by atoms with Crippen molar-refractivity contribution in [3.63, 3.8) is 0 Å². The van der Waals surface area contributed by atoms with E-state index in [1.807, 2.05) is 0 Å². The summed E-state index contributed by atoms with van der Waals surface area (Å²) in [4.78, 5) is 4.58. The molecule has 0 radical (unpaired) electrons. The predicted octanol–water partition coefficient (Wildman–Crippen LogP) is 1.51. The summed E-state index contributed by atoms with van der Waals surface area (Å²) in [5, 5.41) is 0. The van der Waals surface area contributed by atoms with Crippen molar-refractivity contribution in [1.82, 2.24) is 9.80 Å². The lowest BCUT2D eigenvalue weighted by Crippen LogP contribution is -2.26. The van der Waals surface area contributed by atoms with Gasteiger partial charge in [0.05, 0.1) is 0 Å². The van der Waals surface area contributed by atoms with Crippen molar-refractivity contribution in [3.05, 3.63) is 11.9 Å². The molecule has 0 atom stereocenters. The van der Waals surface area contributed by atoms with Gasteiger partial charge in [-0.3, -0.25) is 0 Å². The van der Waals surface area contributed by atoms with Gasteiger partial charge in [0.1, 0.15) is 0 Å². The minimum atomic E-state index is 1.14. The maximum absolute atomic E-state index is 2.37. The number of allylic oxidation sites excluding steroid dienone is 1. The van der Waals surface area contributed by atoms with Crippen molar-refractivity contribution in [2.45, 2.75) is 19.8 Å². The molecule has 1 rings (SSSR count). The second kappa shape index (κ2) is 3.65. The van der Waals surface area contributed by atoms with Crippen LogP contribution < -0.4 is 0 Å². The van der Waals surface area contributed by atoms with Crippen LogP contribution in [0.4, 0.5) is 0 Å². The van der Waals surface area contributed by atoms with Gasteiger partial charge in [-0.25, -0.2) is 0 Å². The zero-order valence-electron chi connectivity index (χ0n) is 7.80. The predicted molar refractivity (Wildman–Crippen MR) is 48.3 cm³/mol. The summed E-state index contributed by atoms with van der Waals surface area (Å²) in [7, 11) is 4.23. The second-order valence-corrected chi connectivity index (χ2v) is 3.25. The SMILES string of the molecule is CCN1C=C(N(C)C)CCC1. The molecule has 11 heavy (non-hydrogen) atoms. The molecule has 2 nitrogen and oxygen atoms in total. The Morgan fingerprint density at radius 3 is 2.82 bits per heavy atom. The van der Waals surface area contributed by atoms with Crippen LogP contribution in [0.3, 0.4) is 0 Å². The maximum Gasteiger partial charge on any atom is 0.0290 e. The van der Waals surface area contributed by atoms with Gasteiger partial charge < -0.3 is 9.80 Å². The summed E-state index contributed by atoms with van der Waals surface area (Å²) in [6, 6.07) is 0. The van der Waals surface area contributed by atoms with Gasteiger partial charge in [0, 0.05) is 39.1 Å². The van der Waals surface area contributed by atoms with Crippen molar-refractivity contribution < 1.29 is 0 Å². The van der Waals surface area contributed by atoms with E-state index in [4.69, 9.17) is 0 Å². The van der Waals surface area contributed by atoms with Crippen LogP contribution >= 0.6 is 0 Å². The van der Waals surface area contributed by atoms with Gasteiger partial charge in [-0.2, -0.15) is 0 Å². The van der Waals surface area contributed by atoms with Gasteiger partial charge in [-0.05, 0) is 19.8 Å². The lowest BCUT2D eigenvalue weighted by Gasteiger charge is -2.28. The summed E-state index contributed by atoms with van der Waals surface area (Å²) in [5.41, 5.74) is 1.46. The fraction of sp³-hybridized carbons (Fsp3) is 0.778. The Labute approximate surface area is 69.5 Å². The number of hydrogen-bond donors (Lipinski definition) is 0. The van der Waals surface area contributed by atoms with Crippen LogP contribution in [0.25, 0.3) is 0 Å². The summed E-state index contributed by atoms with van der Waals surface area (Å²) in [6.45, 7) is 4.57. The van der Waals surface area contributed by atoms with Crippen LogP contribution in [0.15, 0.2) is 11.9 Å². The summed E-state index contributed by atoms with van der Waals surface area (Å²) in [5.74, 6) is 0. The Bertz CT molecular complexity index is 150. The quantitative estimate of drug-likeness (QED) is 0.595. The van der Waals surface area contributed by atoms with Crippen molar-refractivity contribution in [2.24, 2.45) is 0 Å². The van der Waals surface area contributed by atoms with Crippen molar-refractivity contribution >= 4 is 0 Å². The first-order chi connectivity index (χ1) is 5.24. The third kappa shape index (κ3) is 2.14. The van der Waals surface area contributed by atoms with E-state index in [0.29, 0.717) is 0 Å². The average molecular weight is 154 g/mol. The van der Waals surface area contributed by atoms with E-state index >= 15 is 0 Å². The Hall–Kier alpha value is -0.660. The fourth-order valence-corrected chi connectivity index (χ4v) is 1.39. The molecule has 0 saturated carbocycles. The van der Waals surface area contributed by atoms with Gasteiger partial charge in [0.2, 0.25) is 0 Å². The number of hydrogen-bond acceptors (Lipinski definition) is 2. The molecule has 0 unspecified atom stereocenters. The molecule has 0 bridgehead atoms. The molecule has 0 saturated heterocycles.